The maximum absolute atomic E-state index is 11.9. The summed E-state index contributed by atoms with van der Waals surface area (Å²) in [5.41, 5.74) is 0.274. The van der Waals surface area contributed by atoms with Crippen molar-refractivity contribution in [3.8, 4) is 0 Å². The minimum Gasteiger partial charge on any atom is -0.454 e. The Morgan fingerprint density at radius 2 is 1.88 bits per heavy atom. The van der Waals surface area contributed by atoms with Gasteiger partial charge < -0.3 is 15.4 Å². The largest absolute Gasteiger partial charge is 0.454 e. The zero-order valence-corrected chi connectivity index (χ0v) is 16.0. The van der Waals surface area contributed by atoms with Crippen LogP contribution in [0.4, 0.5) is 0 Å². The average Bonchev–Trinajstić information content (AvgIpc) is 2.62. The lowest BCUT2D eigenvalue weighted by atomic mass is 9.86. The van der Waals surface area contributed by atoms with Gasteiger partial charge in [0, 0.05) is 11.6 Å². The fourth-order valence-electron chi connectivity index (χ4n) is 2.87. The van der Waals surface area contributed by atoms with Crippen LogP contribution in [0.15, 0.2) is 18.2 Å². The molecule has 8 heteroatoms. The number of hydrogen-bond donors (Lipinski definition) is 2. The third kappa shape index (κ3) is 6.18. The number of ether oxygens (including phenoxy) is 1. The topological polar surface area (TPSA) is 84.5 Å². The molecule has 1 aromatic carbocycles. The van der Waals surface area contributed by atoms with E-state index in [1.54, 1.807) is 0 Å². The summed E-state index contributed by atoms with van der Waals surface area (Å²) >= 11 is 11.6. The Morgan fingerprint density at radius 1 is 1.15 bits per heavy atom. The highest BCUT2D eigenvalue weighted by Gasteiger charge is 2.23. The van der Waals surface area contributed by atoms with Crippen molar-refractivity contribution in [1.82, 2.24) is 10.6 Å². The van der Waals surface area contributed by atoms with Gasteiger partial charge in [-0.15, -0.1) is 0 Å². The Kier molecular flexibility index (Phi) is 7.72. The Balaban J connectivity index is 1.70. The van der Waals surface area contributed by atoms with Crippen LogP contribution in [0.5, 0.6) is 0 Å². The fraction of sp³-hybridized carbons (Fsp3) is 0.500. The SMILES string of the molecule is C[C@H]1CCCC[C@H]1NC(=O)COC(=O)CNC(=O)c1ccc(Cl)c(Cl)c1. The fourth-order valence-corrected chi connectivity index (χ4v) is 3.17. The Bertz CT molecular complexity index is 681. The highest BCUT2D eigenvalue weighted by atomic mass is 35.5. The number of benzene rings is 1. The van der Waals surface area contributed by atoms with Gasteiger partial charge in [0.05, 0.1) is 10.0 Å². The van der Waals surface area contributed by atoms with Gasteiger partial charge in [0.2, 0.25) is 0 Å². The molecule has 2 atom stereocenters. The Labute approximate surface area is 162 Å². The van der Waals surface area contributed by atoms with E-state index in [4.69, 9.17) is 27.9 Å². The summed E-state index contributed by atoms with van der Waals surface area (Å²) in [4.78, 5) is 35.5. The van der Waals surface area contributed by atoms with Crippen molar-refractivity contribution in [2.45, 2.75) is 38.6 Å². The van der Waals surface area contributed by atoms with Crippen LogP contribution >= 0.6 is 23.2 Å². The van der Waals surface area contributed by atoms with Crippen molar-refractivity contribution in [1.29, 1.82) is 0 Å². The highest BCUT2D eigenvalue weighted by Crippen LogP contribution is 2.24. The molecule has 0 aliphatic heterocycles. The van der Waals surface area contributed by atoms with Crippen LogP contribution in [0.2, 0.25) is 10.0 Å². The summed E-state index contributed by atoms with van der Waals surface area (Å²) in [6.07, 6.45) is 4.31. The molecule has 0 aromatic heterocycles. The first-order valence-electron chi connectivity index (χ1n) is 8.55. The molecule has 2 amide bonds. The van der Waals surface area contributed by atoms with Crippen LogP contribution in [0, 0.1) is 5.92 Å². The van der Waals surface area contributed by atoms with Crippen LogP contribution in [0.3, 0.4) is 0 Å². The second-order valence-electron chi connectivity index (χ2n) is 6.41. The van der Waals surface area contributed by atoms with E-state index in [0.29, 0.717) is 10.9 Å². The molecule has 0 saturated heterocycles. The van der Waals surface area contributed by atoms with E-state index in [1.165, 1.54) is 24.6 Å². The van der Waals surface area contributed by atoms with Crippen LogP contribution in [-0.4, -0.2) is 37.0 Å². The first-order chi connectivity index (χ1) is 12.4. The zero-order chi connectivity index (χ0) is 19.1. The number of nitrogens with one attached hydrogen (secondary N) is 2. The second kappa shape index (κ2) is 9.78. The molecule has 0 spiro atoms. The minimum atomic E-state index is -0.690. The molecule has 26 heavy (non-hydrogen) atoms. The molecule has 1 fully saturated rings. The minimum absolute atomic E-state index is 0.129. The second-order valence-corrected chi connectivity index (χ2v) is 7.22. The van der Waals surface area contributed by atoms with Crippen molar-refractivity contribution < 1.29 is 19.1 Å². The molecule has 1 aromatic rings. The van der Waals surface area contributed by atoms with E-state index in [-0.39, 0.29) is 35.7 Å². The number of amides is 2. The lowest BCUT2D eigenvalue weighted by Crippen LogP contribution is -2.43. The van der Waals surface area contributed by atoms with E-state index in [0.717, 1.165) is 19.3 Å². The van der Waals surface area contributed by atoms with E-state index >= 15 is 0 Å². The van der Waals surface area contributed by atoms with Gasteiger partial charge in [-0.05, 0) is 37.0 Å². The Hall–Kier alpha value is -1.79. The monoisotopic (exact) mass is 400 g/mol. The quantitative estimate of drug-likeness (QED) is 0.718. The number of carbonyl (C=O) groups is 3. The van der Waals surface area contributed by atoms with Crippen molar-refractivity contribution in [2.24, 2.45) is 5.92 Å². The molecule has 2 rings (SSSR count). The summed E-state index contributed by atoms with van der Waals surface area (Å²) in [5.74, 6) is -1.08. The van der Waals surface area contributed by atoms with Crippen LogP contribution in [0.1, 0.15) is 43.0 Å². The third-order valence-corrected chi connectivity index (χ3v) is 5.14. The lowest BCUT2D eigenvalue weighted by Gasteiger charge is -2.29. The molecule has 0 heterocycles. The van der Waals surface area contributed by atoms with Gasteiger partial charge in [-0.3, -0.25) is 14.4 Å². The maximum Gasteiger partial charge on any atom is 0.325 e. The van der Waals surface area contributed by atoms with E-state index in [9.17, 15) is 14.4 Å². The normalized spacial score (nSPS) is 19.5. The van der Waals surface area contributed by atoms with Crippen LogP contribution < -0.4 is 10.6 Å². The maximum atomic E-state index is 11.9. The summed E-state index contributed by atoms with van der Waals surface area (Å²) in [7, 11) is 0. The van der Waals surface area contributed by atoms with Gasteiger partial charge in [0.15, 0.2) is 6.61 Å². The summed E-state index contributed by atoms with van der Waals surface area (Å²) < 4.78 is 4.90. The first kappa shape index (κ1) is 20.5. The standard InChI is InChI=1S/C18H22Cl2N2O4/c1-11-4-2-3-5-15(11)22-16(23)10-26-17(24)9-21-18(25)12-6-7-13(19)14(20)8-12/h6-8,11,15H,2-5,9-10H2,1H3,(H,21,25)(H,22,23)/t11-,15+/m0/s1. The molecular formula is C18H22Cl2N2O4. The molecule has 6 nitrogen and oxygen atoms in total. The van der Waals surface area contributed by atoms with Crippen molar-refractivity contribution >= 4 is 41.0 Å². The van der Waals surface area contributed by atoms with Crippen LogP contribution in [-0.2, 0) is 14.3 Å². The summed E-state index contributed by atoms with van der Waals surface area (Å²) in [5, 5.41) is 5.89. The summed E-state index contributed by atoms with van der Waals surface area (Å²) in [6, 6.07) is 4.52. The predicted octanol–water partition coefficient (Wildman–Crippen LogP) is 2.96. The molecule has 142 valence electrons. The number of esters is 1. The summed E-state index contributed by atoms with van der Waals surface area (Å²) in [6.45, 7) is 1.41. The number of carbonyl (C=O) groups excluding carboxylic acids is 3. The number of hydrogen-bond acceptors (Lipinski definition) is 4. The molecule has 0 bridgehead atoms. The lowest BCUT2D eigenvalue weighted by molar-refractivity contribution is -0.147. The smallest absolute Gasteiger partial charge is 0.325 e. The number of halogens is 2. The highest BCUT2D eigenvalue weighted by molar-refractivity contribution is 6.42. The van der Waals surface area contributed by atoms with Gasteiger partial charge in [-0.1, -0.05) is 43.0 Å². The predicted molar refractivity (Wildman–Crippen MR) is 99.3 cm³/mol. The molecule has 0 radical (unpaired) electrons. The van der Waals surface area contributed by atoms with Gasteiger partial charge in [0.1, 0.15) is 6.54 Å². The van der Waals surface area contributed by atoms with Crippen molar-refractivity contribution in [3.63, 3.8) is 0 Å². The molecule has 2 N–H and O–H groups in total. The van der Waals surface area contributed by atoms with Gasteiger partial charge in [0.25, 0.3) is 11.8 Å². The van der Waals surface area contributed by atoms with Gasteiger partial charge >= 0.3 is 5.97 Å². The van der Waals surface area contributed by atoms with Gasteiger partial charge in [-0.2, -0.15) is 0 Å². The molecule has 1 aliphatic rings. The third-order valence-electron chi connectivity index (χ3n) is 4.40. The molecule has 0 unspecified atom stereocenters. The van der Waals surface area contributed by atoms with Crippen LogP contribution in [0.25, 0.3) is 0 Å². The number of rotatable bonds is 6. The van der Waals surface area contributed by atoms with E-state index in [2.05, 4.69) is 17.6 Å². The average molecular weight is 401 g/mol. The molecule has 1 aliphatic carbocycles. The van der Waals surface area contributed by atoms with Crippen molar-refractivity contribution in [3.05, 3.63) is 33.8 Å². The first-order valence-corrected chi connectivity index (χ1v) is 9.30. The van der Waals surface area contributed by atoms with Gasteiger partial charge in [-0.25, -0.2) is 0 Å². The zero-order valence-electron chi connectivity index (χ0n) is 14.5. The Morgan fingerprint density at radius 3 is 2.58 bits per heavy atom. The van der Waals surface area contributed by atoms with E-state index in [1.807, 2.05) is 0 Å². The van der Waals surface area contributed by atoms with Crippen molar-refractivity contribution in [2.75, 3.05) is 13.2 Å². The molecule has 1 saturated carbocycles. The van der Waals surface area contributed by atoms with E-state index < -0.39 is 11.9 Å². The molecular weight excluding hydrogens is 379 g/mol.